The number of likely N-dealkylation sites (tertiary alicyclic amines) is 2. The Kier molecular flexibility index (Phi) is 8.27. The summed E-state index contributed by atoms with van der Waals surface area (Å²) >= 11 is 0. The number of guanidine groups is 1. The van der Waals surface area contributed by atoms with Crippen molar-refractivity contribution in [3.05, 3.63) is 0 Å². The van der Waals surface area contributed by atoms with Crippen molar-refractivity contribution in [3.63, 3.8) is 0 Å². The van der Waals surface area contributed by atoms with Crippen molar-refractivity contribution >= 4 is 29.9 Å². The number of nitrogens with one attached hydrogen (secondary N) is 1. The normalized spacial score (nSPS) is 33.7. The van der Waals surface area contributed by atoms with Gasteiger partial charge >= 0.3 is 0 Å². The van der Waals surface area contributed by atoms with Crippen molar-refractivity contribution in [2.75, 3.05) is 59.5 Å². The molecule has 5 nitrogen and oxygen atoms in total. The molecule has 0 bridgehead atoms. The highest BCUT2D eigenvalue weighted by atomic mass is 127. The molecule has 3 heterocycles. The zero-order chi connectivity index (χ0) is 17.0. The van der Waals surface area contributed by atoms with Crippen LogP contribution in [0.4, 0.5) is 0 Å². The molecule has 3 aliphatic rings. The number of rotatable bonds is 4. The fourth-order valence-corrected chi connectivity index (χ4v) is 4.90. The van der Waals surface area contributed by atoms with Gasteiger partial charge in [-0.3, -0.25) is 4.99 Å². The third-order valence-electron chi connectivity index (χ3n) is 6.01. The molecule has 0 aromatic rings. The first-order valence-electron chi connectivity index (χ1n) is 9.86. The van der Waals surface area contributed by atoms with E-state index < -0.39 is 0 Å². The number of ether oxygens (including phenoxy) is 1. The molecule has 0 aliphatic carbocycles. The lowest BCUT2D eigenvalue weighted by atomic mass is 9.87. The van der Waals surface area contributed by atoms with Gasteiger partial charge in [-0.05, 0) is 44.1 Å². The van der Waals surface area contributed by atoms with Gasteiger partial charge in [0, 0.05) is 51.8 Å². The summed E-state index contributed by atoms with van der Waals surface area (Å²) in [7, 11) is 1.91. The maximum atomic E-state index is 5.63. The third-order valence-corrected chi connectivity index (χ3v) is 6.01. The summed E-state index contributed by atoms with van der Waals surface area (Å²) in [6.07, 6.45) is 5.05. The lowest BCUT2D eigenvalue weighted by Gasteiger charge is -2.35. The van der Waals surface area contributed by atoms with Gasteiger partial charge in [-0.15, -0.1) is 24.0 Å². The van der Waals surface area contributed by atoms with Crippen LogP contribution < -0.4 is 5.32 Å². The van der Waals surface area contributed by atoms with Gasteiger partial charge in [-0.2, -0.15) is 0 Å². The Hall–Kier alpha value is -0.0800. The number of piperidine rings is 1. The minimum atomic E-state index is 0. The Morgan fingerprint density at radius 1 is 1.24 bits per heavy atom. The van der Waals surface area contributed by atoms with Crippen molar-refractivity contribution in [1.29, 1.82) is 0 Å². The molecule has 0 aromatic carbocycles. The molecule has 146 valence electrons. The molecule has 1 N–H and O–H groups in total. The Labute approximate surface area is 171 Å². The number of aliphatic imine (C=N–C) groups is 1. The summed E-state index contributed by atoms with van der Waals surface area (Å²) in [5, 5.41) is 3.59. The second-order valence-corrected chi connectivity index (χ2v) is 8.51. The summed E-state index contributed by atoms with van der Waals surface area (Å²) in [5.74, 6) is 2.78. The van der Waals surface area contributed by atoms with E-state index in [1.54, 1.807) is 0 Å². The predicted molar refractivity (Wildman–Crippen MR) is 115 cm³/mol. The molecule has 0 aromatic heterocycles. The van der Waals surface area contributed by atoms with Gasteiger partial charge in [-0.1, -0.05) is 13.8 Å². The van der Waals surface area contributed by atoms with Crippen LogP contribution in [0.15, 0.2) is 4.99 Å². The number of hydrogen-bond donors (Lipinski definition) is 1. The van der Waals surface area contributed by atoms with Crippen LogP contribution in [0.25, 0.3) is 0 Å². The Morgan fingerprint density at radius 3 is 2.64 bits per heavy atom. The molecule has 0 radical (unpaired) electrons. The number of halogens is 1. The molecule has 3 unspecified atom stereocenters. The van der Waals surface area contributed by atoms with Crippen LogP contribution in [0.2, 0.25) is 0 Å². The fourth-order valence-electron chi connectivity index (χ4n) is 4.90. The van der Waals surface area contributed by atoms with E-state index in [4.69, 9.17) is 4.74 Å². The average Bonchev–Trinajstić information content (AvgIpc) is 3.17. The van der Waals surface area contributed by atoms with E-state index in [0.29, 0.717) is 5.41 Å². The minimum absolute atomic E-state index is 0. The second kappa shape index (κ2) is 9.74. The molecule has 0 amide bonds. The van der Waals surface area contributed by atoms with Gasteiger partial charge in [0.15, 0.2) is 5.96 Å². The molecule has 3 rings (SSSR count). The summed E-state index contributed by atoms with van der Waals surface area (Å²) in [6.45, 7) is 13.6. The van der Waals surface area contributed by atoms with Gasteiger partial charge in [0.2, 0.25) is 0 Å². The predicted octanol–water partition coefficient (Wildman–Crippen LogP) is 2.66. The first kappa shape index (κ1) is 21.2. The molecule has 6 heteroatoms. The quantitative estimate of drug-likeness (QED) is 0.301. The topological polar surface area (TPSA) is 40.1 Å². The van der Waals surface area contributed by atoms with Crippen LogP contribution in [-0.2, 0) is 4.74 Å². The van der Waals surface area contributed by atoms with E-state index in [1.807, 2.05) is 7.05 Å². The molecule has 25 heavy (non-hydrogen) atoms. The van der Waals surface area contributed by atoms with Gasteiger partial charge < -0.3 is 19.9 Å². The lowest BCUT2D eigenvalue weighted by Crippen LogP contribution is -2.43. The highest BCUT2D eigenvalue weighted by molar-refractivity contribution is 14.0. The van der Waals surface area contributed by atoms with Gasteiger partial charge in [0.1, 0.15) is 0 Å². The molecule has 3 aliphatic heterocycles. The summed E-state index contributed by atoms with van der Waals surface area (Å²) in [6, 6.07) is 0. The minimum Gasteiger partial charge on any atom is -0.381 e. The Balaban J connectivity index is 0.00000225. The van der Waals surface area contributed by atoms with E-state index >= 15 is 0 Å². The molecule has 3 atom stereocenters. The monoisotopic (exact) mass is 464 g/mol. The highest BCUT2D eigenvalue weighted by Gasteiger charge is 2.42. The molecular formula is C19H37IN4O. The van der Waals surface area contributed by atoms with Crippen molar-refractivity contribution in [2.24, 2.45) is 22.2 Å². The van der Waals surface area contributed by atoms with Crippen LogP contribution in [0.3, 0.4) is 0 Å². The van der Waals surface area contributed by atoms with E-state index in [2.05, 4.69) is 34.0 Å². The Bertz CT molecular complexity index is 429. The summed E-state index contributed by atoms with van der Waals surface area (Å²) in [5.41, 5.74) is 0.400. The second-order valence-electron chi connectivity index (χ2n) is 8.51. The van der Waals surface area contributed by atoms with Crippen molar-refractivity contribution in [1.82, 2.24) is 15.1 Å². The van der Waals surface area contributed by atoms with Crippen LogP contribution in [0.5, 0.6) is 0 Å². The SMILES string of the molecule is CN=C(NCCCN1CC(C)CC(C)C1)N1CCC2(CCOC2)C1.I. The molecule has 1 spiro atoms. The maximum absolute atomic E-state index is 5.63. The highest BCUT2D eigenvalue weighted by Crippen LogP contribution is 2.38. The first-order valence-corrected chi connectivity index (χ1v) is 9.86. The molecule has 3 fully saturated rings. The molecule has 3 saturated heterocycles. The van der Waals surface area contributed by atoms with Crippen molar-refractivity contribution in [2.45, 2.75) is 39.5 Å². The van der Waals surface area contributed by atoms with Crippen LogP contribution in [-0.4, -0.2) is 75.3 Å². The maximum Gasteiger partial charge on any atom is 0.193 e. The van der Waals surface area contributed by atoms with E-state index in [-0.39, 0.29) is 24.0 Å². The van der Waals surface area contributed by atoms with E-state index in [1.165, 1.54) is 45.3 Å². The zero-order valence-corrected chi connectivity index (χ0v) is 18.6. The summed E-state index contributed by atoms with van der Waals surface area (Å²) in [4.78, 5) is 9.58. The largest absolute Gasteiger partial charge is 0.381 e. The average molecular weight is 464 g/mol. The van der Waals surface area contributed by atoms with Gasteiger partial charge in [0.25, 0.3) is 0 Å². The third kappa shape index (κ3) is 5.70. The molecular weight excluding hydrogens is 427 g/mol. The van der Waals surface area contributed by atoms with Crippen LogP contribution >= 0.6 is 24.0 Å². The number of hydrogen-bond acceptors (Lipinski definition) is 3. The van der Waals surface area contributed by atoms with E-state index in [0.717, 1.165) is 50.6 Å². The first-order chi connectivity index (χ1) is 11.6. The van der Waals surface area contributed by atoms with Crippen molar-refractivity contribution in [3.8, 4) is 0 Å². The van der Waals surface area contributed by atoms with Gasteiger partial charge in [-0.25, -0.2) is 0 Å². The van der Waals surface area contributed by atoms with E-state index in [9.17, 15) is 0 Å². The zero-order valence-electron chi connectivity index (χ0n) is 16.3. The summed E-state index contributed by atoms with van der Waals surface area (Å²) < 4.78 is 5.63. The molecule has 0 saturated carbocycles. The number of nitrogens with zero attached hydrogens (tertiary/aromatic N) is 3. The smallest absolute Gasteiger partial charge is 0.193 e. The van der Waals surface area contributed by atoms with Gasteiger partial charge in [0.05, 0.1) is 6.61 Å². The lowest BCUT2D eigenvalue weighted by molar-refractivity contribution is 0.140. The van der Waals surface area contributed by atoms with Crippen LogP contribution in [0, 0.1) is 17.3 Å². The van der Waals surface area contributed by atoms with Crippen molar-refractivity contribution < 1.29 is 4.74 Å². The van der Waals surface area contributed by atoms with Crippen LogP contribution in [0.1, 0.15) is 39.5 Å². The Morgan fingerprint density at radius 2 is 2.00 bits per heavy atom. The fraction of sp³-hybridized carbons (Fsp3) is 0.947. The standard InChI is InChI=1S/C19H36N4O.HI/c1-16-11-17(2)13-22(12-16)8-4-7-21-18(20-3)23-9-5-19(14-23)6-10-24-15-19;/h16-17H,4-15H2,1-3H3,(H,20,21);1H.